The average molecular weight is 495 g/mol. The van der Waals surface area contributed by atoms with Gasteiger partial charge in [-0.25, -0.2) is 8.42 Å². The number of para-hydroxylation sites is 1. The van der Waals surface area contributed by atoms with Gasteiger partial charge in [0.05, 0.1) is 17.7 Å². The summed E-state index contributed by atoms with van der Waals surface area (Å²) in [5.74, 6) is 0.519. The van der Waals surface area contributed by atoms with E-state index in [0.717, 1.165) is 35.6 Å². The quantitative estimate of drug-likeness (QED) is 0.397. The first kappa shape index (κ1) is 23.2. The zero-order valence-corrected chi connectivity index (χ0v) is 20.1. The Labute approximate surface area is 203 Å². The number of piperidine rings is 1. The lowest BCUT2D eigenvalue weighted by Gasteiger charge is -2.25. The third-order valence-electron chi connectivity index (χ3n) is 6.12. The van der Waals surface area contributed by atoms with E-state index < -0.39 is 10.0 Å². The molecule has 0 radical (unpaired) electrons. The summed E-state index contributed by atoms with van der Waals surface area (Å²) >= 11 is 0. The maximum atomic E-state index is 12.8. The first-order valence-electron chi connectivity index (χ1n) is 11.5. The van der Waals surface area contributed by atoms with Crippen LogP contribution in [0.25, 0.3) is 21.9 Å². The Morgan fingerprint density at radius 1 is 0.971 bits per heavy atom. The van der Waals surface area contributed by atoms with E-state index in [-0.39, 0.29) is 17.4 Å². The van der Waals surface area contributed by atoms with Gasteiger partial charge in [0.25, 0.3) is 5.91 Å². The number of rotatable bonds is 7. The number of ether oxygens (including phenoxy) is 2. The fourth-order valence-electron chi connectivity index (χ4n) is 4.32. The number of carbonyl (C=O) groups excluding carboxylic acids is 1. The predicted octanol–water partition coefficient (Wildman–Crippen LogP) is 4.79. The van der Waals surface area contributed by atoms with Gasteiger partial charge in [0.1, 0.15) is 22.7 Å². The Morgan fingerprint density at radius 3 is 2.46 bits per heavy atom. The number of hydrogen-bond donors (Lipinski definition) is 1. The van der Waals surface area contributed by atoms with Gasteiger partial charge in [-0.05, 0) is 49.2 Å². The molecule has 0 aliphatic carbocycles. The lowest BCUT2D eigenvalue weighted by Crippen LogP contribution is -2.35. The summed E-state index contributed by atoms with van der Waals surface area (Å²) in [5, 5.41) is 4.66. The standard InChI is InChI=1S/C26H26N2O6S/c1-32-25-15-21-20-7-3-4-8-23(20)34-24(21)16-22(25)27-26(29)17-33-18-9-11-19(12-10-18)35(30,31)28-13-5-2-6-14-28/h3-4,7-12,15-16H,2,5-6,13-14,17H2,1H3,(H,27,29). The number of hydrogen-bond acceptors (Lipinski definition) is 6. The zero-order chi connectivity index (χ0) is 24.4. The van der Waals surface area contributed by atoms with E-state index in [1.54, 1.807) is 18.2 Å². The van der Waals surface area contributed by atoms with E-state index >= 15 is 0 Å². The van der Waals surface area contributed by atoms with Crippen LogP contribution >= 0.6 is 0 Å². The second kappa shape index (κ2) is 9.59. The molecular formula is C26H26N2O6S. The lowest BCUT2D eigenvalue weighted by molar-refractivity contribution is -0.118. The van der Waals surface area contributed by atoms with Gasteiger partial charge in [-0.3, -0.25) is 4.79 Å². The minimum Gasteiger partial charge on any atom is -0.495 e. The van der Waals surface area contributed by atoms with Crippen molar-refractivity contribution in [3.05, 3.63) is 60.7 Å². The van der Waals surface area contributed by atoms with E-state index in [1.165, 1.54) is 23.5 Å². The highest BCUT2D eigenvalue weighted by Crippen LogP contribution is 2.36. The van der Waals surface area contributed by atoms with Crippen LogP contribution in [-0.2, 0) is 14.8 Å². The second-order valence-corrected chi connectivity index (χ2v) is 10.4. The maximum absolute atomic E-state index is 12.8. The van der Waals surface area contributed by atoms with Crippen molar-refractivity contribution in [2.24, 2.45) is 0 Å². The van der Waals surface area contributed by atoms with Gasteiger partial charge in [-0.2, -0.15) is 4.31 Å². The molecule has 8 nitrogen and oxygen atoms in total. The summed E-state index contributed by atoms with van der Waals surface area (Å²) in [4.78, 5) is 12.8. The number of sulfonamides is 1. The highest BCUT2D eigenvalue weighted by atomic mass is 32.2. The lowest BCUT2D eigenvalue weighted by atomic mass is 10.1. The van der Waals surface area contributed by atoms with Crippen LogP contribution in [-0.4, -0.2) is 45.4 Å². The first-order chi connectivity index (χ1) is 17.0. The maximum Gasteiger partial charge on any atom is 0.262 e. The molecule has 182 valence electrons. The molecule has 1 aliphatic rings. The smallest absolute Gasteiger partial charge is 0.262 e. The molecule has 1 amide bonds. The number of methoxy groups -OCH3 is 1. The van der Waals surface area contributed by atoms with E-state index in [1.807, 2.05) is 30.3 Å². The molecule has 4 aromatic rings. The number of furan rings is 1. The van der Waals surface area contributed by atoms with Gasteiger partial charge in [-0.15, -0.1) is 0 Å². The monoisotopic (exact) mass is 494 g/mol. The Hall–Kier alpha value is -3.56. The predicted molar refractivity (Wildman–Crippen MR) is 133 cm³/mol. The van der Waals surface area contributed by atoms with Crippen molar-refractivity contribution in [3.8, 4) is 11.5 Å². The summed E-state index contributed by atoms with van der Waals surface area (Å²) in [6.07, 6.45) is 2.81. The van der Waals surface area contributed by atoms with E-state index in [2.05, 4.69) is 5.32 Å². The van der Waals surface area contributed by atoms with Crippen LogP contribution in [0.2, 0.25) is 0 Å². The zero-order valence-electron chi connectivity index (χ0n) is 19.3. The first-order valence-corrected chi connectivity index (χ1v) is 12.9. The highest BCUT2D eigenvalue weighted by Gasteiger charge is 2.25. The van der Waals surface area contributed by atoms with Crippen LogP contribution in [0.5, 0.6) is 11.5 Å². The summed E-state index contributed by atoms with van der Waals surface area (Å²) in [5.41, 5.74) is 1.85. The molecule has 1 aromatic heterocycles. The number of benzene rings is 3. The number of anilines is 1. The molecule has 0 spiro atoms. The molecule has 1 aliphatic heterocycles. The van der Waals surface area contributed by atoms with Gasteiger partial charge < -0.3 is 19.2 Å². The minimum absolute atomic E-state index is 0.222. The number of carbonyl (C=O) groups is 1. The molecule has 0 saturated carbocycles. The molecule has 9 heteroatoms. The van der Waals surface area contributed by atoms with Gasteiger partial charge >= 0.3 is 0 Å². The Balaban J connectivity index is 1.25. The van der Waals surface area contributed by atoms with E-state index in [0.29, 0.717) is 35.9 Å². The van der Waals surface area contributed by atoms with Crippen molar-refractivity contribution in [1.29, 1.82) is 0 Å². The molecule has 0 unspecified atom stereocenters. The minimum atomic E-state index is -3.51. The van der Waals surface area contributed by atoms with Crippen LogP contribution in [0.4, 0.5) is 5.69 Å². The molecule has 3 aromatic carbocycles. The summed E-state index contributed by atoms with van der Waals surface area (Å²) < 4.78 is 44.0. The van der Waals surface area contributed by atoms with Crippen molar-refractivity contribution in [2.45, 2.75) is 24.2 Å². The van der Waals surface area contributed by atoms with Crippen LogP contribution in [0, 0.1) is 0 Å². The topological polar surface area (TPSA) is 98.1 Å². The largest absolute Gasteiger partial charge is 0.495 e. The second-order valence-electron chi connectivity index (χ2n) is 8.42. The van der Waals surface area contributed by atoms with Gasteiger partial charge in [0.2, 0.25) is 10.0 Å². The average Bonchev–Trinajstić information content (AvgIpc) is 3.25. The molecule has 0 atom stereocenters. The Bertz CT molecular complexity index is 1470. The Kier molecular flexibility index (Phi) is 6.36. The molecule has 0 bridgehead atoms. The van der Waals surface area contributed by atoms with Crippen molar-refractivity contribution in [1.82, 2.24) is 4.31 Å². The van der Waals surface area contributed by atoms with E-state index in [4.69, 9.17) is 13.9 Å². The number of fused-ring (bicyclic) bond motifs is 3. The van der Waals surface area contributed by atoms with Crippen LogP contribution in [0.3, 0.4) is 0 Å². The third kappa shape index (κ3) is 4.69. The molecule has 1 N–H and O–H groups in total. The molecule has 5 rings (SSSR count). The normalized spacial score (nSPS) is 14.8. The fraction of sp³-hybridized carbons (Fsp3) is 0.269. The molecular weight excluding hydrogens is 468 g/mol. The SMILES string of the molecule is COc1cc2c(cc1NC(=O)COc1ccc(S(=O)(=O)N3CCCCC3)cc1)oc1ccccc12. The molecule has 1 fully saturated rings. The van der Waals surface area contributed by atoms with Crippen molar-refractivity contribution >= 4 is 43.6 Å². The van der Waals surface area contributed by atoms with Gasteiger partial charge in [0, 0.05) is 29.9 Å². The van der Waals surface area contributed by atoms with E-state index in [9.17, 15) is 13.2 Å². The van der Waals surface area contributed by atoms with Crippen molar-refractivity contribution < 1.29 is 27.1 Å². The number of nitrogens with one attached hydrogen (secondary N) is 1. The summed E-state index contributed by atoms with van der Waals surface area (Å²) in [7, 11) is -1.97. The third-order valence-corrected chi connectivity index (χ3v) is 8.03. The Morgan fingerprint density at radius 2 is 1.71 bits per heavy atom. The van der Waals surface area contributed by atoms with Crippen LogP contribution < -0.4 is 14.8 Å². The fourth-order valence-corrected chi connectivity index (χ4v) is 5.83. The highest BCUT2D eigenvalue weighted by molar-refractivity contribution is 7.89. The summed E-state index contributed by atoms with van der Waals surface area (Å²) in [6.45, 7) is 0.841. The van der Waals surface area contributed by atoms with Crippen LogP contribution in [0.15, 0.2) is 70.0 Å². The molecule has 35 heavy (non-hydrogen) atoms. The van der Waals surface area contributed by atoms with Gasteiger partial charge in [-0.1, -0.05) is 24.6 Å². The van der Waals surface area contributed by atoms with Gasteiger partial charge in [0.15, 0.2) is 6.61 Å². The molecule has 1 saturated heterocycles. The molecule has 2 heterocycles. The number of amides is 1. The summed E-state index contributed by atoms with van der Waals surface area (Å²) in [6, 6.07) is 17.4. The number of nitrogens with zero attached hydrogens (tertiary/aromatic N) is 1. The van der Waals surface area contributed by atoms with Crippen molar-refractivity contribution in [3.63, 3.8) is 0 Å². The van der Waals surface area contributed by atoms with Crippen LogP contribution in [0.1, 0.15) is 19.3 Å². The van der Waals surface area contributed by atoms with Crippen molar-refractivity contribution in [2.75, 3.05) is 32.1 Å².